The number of hydrogen-bond acceptors (Lipinski definition) is 5. The maximum atomic E-state index is 5.92. The first-order chi connectivity index (χ1) is 8.99. The lowest BCUT2D eigenvalue weighted by atomic mass is 9.87. The maximum Gasteiger partial charge on any atom is 0.198 e. The van der Waals surface area contributed by atoms with E-state index in [1.165, 1.54) is 24.4 Å². The molecule has 0 amide bonds. The minimum absolute atomic E-state index is 0.130. The smallest absolute Gasteiger partial charge is 0.198 e. The molecule has 0 spiro atoms. The quantitative estimate of drug-likeness (QED) is 0.920. The average molecular weight is 283 g/mol. The Kier molecular flexibility index (Phi) is 4.55. The lowest BCUT2D eigenvalue weighted by molar-refractivity contribution is 0.243. The van der Waals surface area contributed by atoms with Crippen LogP contribution in [0, 0.1) is 11.8 Å². The zero-order valence-electron chi connectivity index (χ0n) is 12.3. The molecule has 0 radical (unpaired) electrons. The van der Waals surface area contributed by atoms with Crippen LogP contribution >= 0.6 is 11.5 Å². The van der Waals surface area contributed by atoms with Crippen LogP contribution in [0.4, 0.5) is 10.8 Å². The summed E-state index contributed by atoms with van der Waals surface area (Å²) in [6.45, 7) is 10.8. The first-order valence-electron chi connectivity index (χ1n) is 7.15. The highest BCUT2D eigenvalue weighted by atomic mass is 32.1. The van der Waals surface area contributed by atoms with Gasteiger partial charge in [0.2, 0.25) is 0 Å². The van der Waals surface area contributed by atoms with E-state index in [0.29, 0.717) is 5.82 Å². The van der Waals surface area contributed by atoms with Crippen molar-refractivity contribution in [3.8, 4) is 5.75 Å². The molecule has 0 bridgehead atoms. The SMILES string of the molecule is CC(C)Oc1c(N)nsc1N1CCC(C(C)C)CC1. The van der Waals surface area contributed by atoms with E-state index < -0.39 is 0 Å². The number of aromatic nitrogens is 1. The predicted molar refractivity (Wildman–Crippen MR) is 82.1 cm³/mol. The van der Waals surface area contributed by atoms with E-state index in [1.54, 1.807) is 0 Å². The molecule has 0 atom stereocenters. The van der Waals surface area contributed by atoms with Gasteiger partial charge in [-0.25, -0.2) is 0 Å². The van der Waals surface area contributed by atoms with Crippen LogP contribution in [-0.4, -0.2) is 23.6 Å². The summed E-state index contributed by atoms with van der Waals surface area (Å²) in [7, 11) is 0. The van der Waals surface area contributed by atoms with Crippen LogP contribution in [0.5, 0.6) is 5.75 Å². The molecule has 0 unspecified atom stereocenters. The van der Waals surface area contributed by atoms with Crippen molar-refractivity contribution in [1.82, 2.24) is 4.37 Å². The highest BCUT2D eigenvalue weighted by Gasteiger charge is 2.26. The zero-order chi connectivity index (χ0) is 14.0. The second-order valence-electron chi connectivity index (χ2n) is 5.94. The van der Waals surface area contributed by atoms with E-state index in [9.17, 15) is 0 Å². The maximum absolute atomic E-state index is 5.92. The monoisotopic (exact) mass is 283 g/mol. The second-order valence-corrected chi connectivity index (χ2v) is 6.69. The van der Waals surface area contributed by atoms with Crippen molar-refractivity contribution in [3.63, 3.8) is 0 Å². The van der Waals surface area contributed by atoms with Gasteiger partial charge >= 0.3 is 0 Å². The fourth-order valence-corrected chi connectivity index (χ4v) is 3.40. The van der Waals surface area contributed by atoms with Crippen molar-refractivity contribution < 1.29 is 4.74 Å². The third-order valence-electron chi connectivity index (χ3n) is 3.78. The second kappa shape index (κ2) is 5.99. The van der Waals surface area contributed by atoms with E-state index in [-0.39, 0.29) is 6.10 Å². The molecule has 1 aromatic rings. The van der Waals surface area contributed by atoms with Gasteiger partial charge in [0, 0.05) is 13.1 Å². The van der Waals surface area contributed by atoms with E-state index in [4.69, 9.17) is 10.5 Å². The standard InChI is InChI=1S/C14H25N3OS/c1-9(2)11-5-7-17(8-6-11)14-12(18-10(3)4)13(15)16-19-14/h9-11H,5-8H2,1-4H3,(H2,15,16). The van der Waals surface area contributed by atoms with Crippen LogP contribution in [0.3, 0.4) is 0 Å². The predicted octanol–water partition coefficient (Wildman–Crippen LogP) is 3.38. The minimum Gasteiger partial charge on any atom is -0.484 e. The highest BCUT2D eigenvalue weighted by Crippen LogP contribution is 2.41. The fourth-order valence-electron chi connectivity index (χ4n) is 2.60. The molecule has 5 heteroatoms. The lowest BCUT2D eigenvalue weighted by Gasteiger charge is -2.34. The van der Waals surface area contributed by atoms with E-state index >= 15 is 0 Å². The van der Waals surface area contributed by atoms with Crippen molar-refractivity contribution in [1.29, 1.82) is 0 Å². The molecule has 2 rings (SSSR count). The first kappa shape index (κ1) is 14.4. The number of nitrogens with zero attached hydrogens (tertiary/aromatic N) is 2. The van der Waals surface area contributed by atoms with Gasteiger partial charge in [-0.15, -0.1) is 0 Å². The van der Waals surface area contributed by atoms with Gasteiger partial charge < -0.3 is 15.4 Å². The van der Waals surface area contributed by atoms with Gasteiger partial charge in [0.25, 0.3) is 0 Å². The molecular weight excluding hydrogens is 258 g/mol. The summed E-state index contributed by atoms with van der Waals surface area (Å²) in [5.41, 5.74) is 5.92. The van der Waals surface area contributed by atoms with Gasteiger partial charge in [0.15, 0.2) is 16.6 Å². The van der Waals surface area contributed by atoms with Crippen LogP contribution in [0.25, 0.3) is 0 Å². The van der Waals surface area contributed by atoms with Crippen LogP contribution in [0.15, 0.2) is 0 Å². The molecule has 1 aliphatic heterocycles. The number of piperidine rings is 1. The van der Waals surface area contributed by atoms with Crippen molar-refractivity contribution in [2.45, 2.75) is 46.6 Å². The molecule has 1 aromatic heterocycles. The fraction of sp³-hybridized carbons (Fsp3) is 0.786. The van der Waals surface area contributed by atoms with E-state index in [2.05, 4.69) is 23.1 Å². The van der Waals surface area contributed by atoms with Crippen molar-refractivity contribution in [2.75, 3.05) is 23.7 Å². The van der Waals surface area contributed by atoms with E-state index in [1.807, 2.05) is 13.8 Å². The molecule has 4 nitrogen and oxygen atoms in total. The van der Waals surface area contributed by atoms with Gasteiger partial charge in [-0.05, 0) is 50.1 Å². The Hall–Kier alpha value is -0.970. The van der Waals surface area contributed by atoms with Crippen LogP contribution in [-0.2, 0) is 0 Å². The Labute approximate surface area is 120 Å². The molecule has 19 heavy (non-hydrogen) atoms. The van der Waals surface area contributed by atoms with E-state index in [0.717, 1.165) is 35.7 Å². The average Bonchev–Trinajstić information content (AvgIpc) is 2.71. The summed E-state index contributed by atoms with van der Waals surface area (Å²) in [6.07, 6.45) is 2.62. The van der Waals surface area contributed by atoms with Gasteiger partial charge in [-0.1, -0.05) is 13.8 Å². The van der Waals surface area contributed by atoms with Gasteiger partial charge in [0.05, 0.1) is 6.10 Å². The molecule has 0 aromatic carbocycles. The van der Waals surface area contributed by atoms with Crippen molar-refractivity contribution >= 4 is 22.4 Å². The molecule has 1 fully saturated rings. The summed E-state index contributed by atoms with van der Waals surface area (Å²) in [6, 6.07) is 0. The molecule has 0 saturated carbocycles. The lowest BCUT2D eigenvalue weighted by Crippen LogP contribution is -2.35. The number of ether oxygens (including phenoxy) is 1. The molecule has 2 heterocycles. The van der Waals surface area contributed by atoms with Crippen molar-refractivity contribution in [3.05, 3.63) is 0 Å². The summed E-state index contributed by atoms with van der Waals surface area (Å²) in [5, 5.41) is 1.11. The third-order valence-corrected chi connectivity index (χ3v) is 4.69. The molecular formula is C14H25N3OS. The molecule has 2 N–H and O–H groups in total. The Balaban J connectivity index is 2.07. The number of nitrogen functional groups attached to an aromatic ring is 1. The highest BCUT2D eigenvalue weighted by molar-refractivity contribution is 7.11. The normalized spacial score (nSPS) is 17.5. The topological polar surface area (TPSA) is 51.4 Å². The zero-order valence-corrected chi connectivity index (χ0v) is 13.2. The Bertz CT molecular complexity index is 409. The number of rotatable bonds is 4. The van der Waals surface area contributed by atoms with Gasteiger partial charge in [0.1, 0.15) is 0 Å². The summed E-state index contributed by atoms with van der Waals surface area (Å²) >= 11 is 1.46. The van der Waals surface area contributed by atoms with Crippen LogP contribution in [0.2, 0.25) is 0 Å². The molecule has 108 valence electrons. The first-order valence-corrected chi connectivity index (χ1v) is 7.93. The Morgan fingerprint density at radius 3 is 2.42 bits per heavy atom. The largest absolute Gasteiger partial charge is 0.484 e. The number of nitrogens with two attached hydrogens (primary N) is 1. The summed E-state index contributed by atoms with van der Waals surface area (Å²) in [5.74, 6) is 2.93. The van der Waals surface area contributed by atoms with Gasteiger partial charge in [-0.2, -0.15) is 4.37 Å². The molecule has 1 aliphatic rings. The Morgan fingerprint density at radius 1 is 1.26 bits per heavy atom. The van der Waals surface area contributed by atoms with Crippen LogP contribution in [0.1, 0.15) is 40.5 Å². The molecule has 0 aliphatic carbocycles. The third kappa shape index (κ3) is 3.32. The summed E-state index contributed by atoms with van der Waals surface area (Å²) in [4.78, 5) is 2.38. The van der Waals surface area contributed by atoms with Crippen molar-refractivity contribution in [2.24, 2.45) is 11.8 Å². The minimum atomic E-state index is 0.130. The molecule has 1 saturated heterocycles. The summed E-state index contributed by atoms with van der Waals surface area (Å²) < 4.78 is 10.1. The number of anilines is 2. The number of hydrogen-bond donors (Lipinski definition) is 1. The van der Waals surface area contributed by atoms with Crippen LogP contribution < -0.4 is 15.4 Å². The van der Waals surface area contributed by atoms with Gasteiger partial charge in [-0.3, -0.25) is 0 Å². The Morgan fingerprint density at radius 2 is 1.89 bits per heavy atom.